The molecule has 4 heterocycles. The van der Waals surface area contributed by atoms with Gasteiger partial charge in [-0.05, 0) is 91.9 Å². The van der Waals surface area contributed by atoms with Crippen molar-refractivity contribution < 1.29 is 21.1 Å². The molecular formula is C50H55N5Pt. The summed E-state index contributed by atoms with van der Waals surface area (Å²) in [5.41, 5.74) is 12.4. The average molecular weight is 921 g/mol. The van der Waals surface area contributed by atoms with Crippen LogP contribution in [0, 0.1) is 38.3 Å². The number of aryl methyl sites for hydroxylation is 3. The molecule has 0 spiro atoms. The second-order valence-electron chi connectivity index (χ2n) is 18.5. The van der Waals surface area contributed by atoms with E-state index in [9.17, 15) is 0 Å². The van der Waals surface area contributed by atoms with Gasteiger partial charge in [-0.2, -0.15) is 6.07 Å². The van der Waals surface area contributed by atoms with Crippen LogP contribution in [0.1, 0.15) is 114 Å². The topological polar surface area (TPSA) is 38.4 Å². The van der Waals surface area contributed by atoms with E-state index in [0.717, 1.165) is 50.4 Å². The molecule has 0 amide bonds. The Labute approximate surface area is 347 Å². The Morgan fingerprint density at radius 2 is 1.48 bits per heavy atom. The van der Waals surface area contributed by atoms with Gasteiger partial charge < -0.3 is 19.0 Å². The van der Waals surface area contributed by atoms with Crippen LogP contribution in [0.2, 0.25) is 0 Å². The molecule has 1 atom stereocenters. The minimum Gasteiger partial charge on any atom is -0.386 e. The van der Waals surface area contributed by atoms with Crippen LogP contribution in [-0.2, 0) is 21.1 Å². The van der Waals surface area contributed by atoms with Crippen molar-refractivity contribution in [1.29, 1.82) is 0 Å². The number of nitrogens with zero attached hydrogens (tertiary/aromatic N) is 5. The predicted octanol–water partition coefficient (Wildman–Crippen LogP) is 12.5. The number of rotatable bonds is 5. The van der Waals surface area contributed by atoms with E-state index >= 15 is 0 Å². The third-order valence-corrected chi connectivity index (χ3v) is 12.7. The van der Waals surface area contributed by atoms with Gasteiger partial charge in [0.25, 0.3) is 0 Å². The third kappa shape index (κ3) is 6.06. The van der Waals surface area contributed by atoms with Gasteiger partial charge in [-0.3, -0.25) is 0 Å². The minimum absolute atomic E-state index is 0. The van der Waals surface area contributed by atoms with E-state index in [-0.39, 0.29) is 38.1 Å². The third-order valence-electron chi connectivity index (χ3n) is 12.7. The molecule has 6 heteroatoms. The fourth-order valence-electron chi connectivity index (χ4n) is 10.3. The Morgan fingerprint density at radius 1 is 0.768 bits per heavy atom. The van der Waals surface area contributed by atoms with Crippen molar-refractivity contribution >= 4 is 49.6 Å². The molecule has 0 N–H and O–H groups in total. The van der Waals surface area contributed by atoms with Crippen molar-refractivity contribution in [3.63, 3.8) is 0 Å². The SMILES string of the molecule is Cc1ccc2c(c1)c1ccc(-n3c4ccc(C(C)C)cc4c4cccnc43)[c-]c1n2-c1[c-]c(C2=N[C@H](C(C)(C)C)C(C)(C)N2C2CCCCC2)c(C)cc1C.[Pt+2]. The number of hydrogen-bond donors (Lipinski definition) is 0. The molecule has 2 aliphatic rings. The molecule has 0 saturated heterocycles. The summed E-state index contributed by atoms with van der Waals surface area (Å²) in [5, 5.41) is 4.80. The monoisotopic (exact) mass is 920 g/mol. The van der Waals surface area contributed by atoms with E-state index in [2.05, 4.69) is 156 Å². The summed E-state index contributed by atoms with van der Waals surface area (Å²) < 4.78 is 4.71. The van der Waals surface area contributed by atoms with Gasteiger partial charge in [0.15, 0.2) is 0 Å². The van der Waals surface area contributed by atoms with Crippen molar-refractivity contribution in [2.24, 2.45) is 10.4 Å². The van der Waals surface area contributed by atoms with E-state index in [4.69, 9.17) is 9.98 Å². The maximum Gasteiger partial charge on any atom is 2.00 e. The molecule has 0 radical (unpaired) electrons. The minimum atomic E-state index is -0.111. The number of benzene rings is 4. The van der Waals surface area contributed by atoms with Gasteiger partial charge in [-0.25, -0.2) is 4.98 Å². The normalized spacial score (nSPS) is 17.8. The zero-order chi connectivity index (χ0) is 38.6. The standard InChI is InChI=1S/C50H55N5.Pt/c1-30(2)34-19-23-42-41(27-34)38-17-14-24-51-46(38)53(42)36-20-21-37-40-25-31(3)18-22-43(40)54(45(37)28-36)44-29-39(32(4)26-33(44)5)47-52-48(49(6,7)8)50(9,10)55(47)35-15-12-11-13-16-35;/h14,17-27,30,35,48H,11-13,15-16H2,1-10H3;/q-2;+2/t48-;/m1./s1. The molecule has 290 valence electrons. The summed E-state index contributed by atoms with van der Waals surface area (Å²) in [6, 6.07) is 33.5. The molecule has 4 aromatic carbocycles. The van der Waals surface area contributed by atoms with Crippen LogP contribution in [0.5, 0.6) is 0 Å². The Bertz CT molecular complexity index is 2680. The fourth-order valence-corrected chi connectivity index (χ4v) is 10.3. The Hall–Kier alpha value is -4.21. The van der Waals surface area contributed by atoms with Crippen LogP contribution in [0.3, 0.4) is 0 Å². The van der Waals surface area contributed by atoms with E-state index in [1.165, 1.54) is 70.5 Å². The van der Waals surface area contributed by atoms with Crippen LogP contribution in [0.15, 0.2) is 77.9 Å². The number of amidine groups is 1. The number of pyridine rings is 1. The van der Waals surface area contributed by atoms with E-state index in [0.29, 0.717) is 12.0 Å². The summed E-state index contributed by atoms with van der Waals surface area (Å²) in [7, 11) is 0. The second kappa shape index (κ2) is 14.0. The van der Waals surface area contributed by atoms with Crippen molar-refractivity contribution in [2.45, 2.75) is 125 Å². The van der Waals surface area contributed by atoms with Crippen LogP contribution in [-0.4, -0.2) is 42.5 Å². The summed E-state index contributed by atoms with van der Waals surface area (Å²) >= 11 is 0. The van der Waals surface area contributed by atoms with Gasteiger partial charge in [-0.15, -0.1) is 46.3 Å². The maximum atomic E-state index is 5.69. The molecule has 0 bridgehead atoms. The smallest absolute Gasteiger partial charge is 0.386 e. The first-order valence-electron chi connectivity index (χ1n) is 20.5. The largest absolute Gasteiger partial charge is 2.00 e. The Morgan fingerprint density at radius 3 is 2.21 bits per heavy atom. The van der Waals surface area contributed by atoms with E-state index in [1.54, 1.807) is 0 Å². The van der Waals surface area contributed by atoms with Crippen molar-refractivity contribution in [1.82, 2.24) is 19.0 Å². The van der Waals surface area contributed by atoms with Crippen molar-refractivity contribution in [3.05, 3.63) is 113 Å². The molecule has 7 aromatic rings. The van der Waals surface area contributed by atoms with Crippen molar-refractivity contribution in [3.8, 4) is 11.4 Å². The van der Waals surface area contributed by atoms with Crippen LogP contribution in [0.25, 0.3) is 55.1 Å². The molecule has 0 unspecified atom stereocenters. The molecule has 1 aliphatic carbocycles. The first-order valence-corrected chi connectivity index (χ1v) is 20.5. The molecule has 3 aromatic heterocycles. The van der Waals surface area contributed by atoms with Crippen molar-refractivity contribution in [2.75, 3.05) is 0 Å². The summed E-state index contributed by atoms with van der Waals surface area (Å²) in [4.78, 5) is 13.4. The van der Waals surface area contributed by atoms with E-state index < -0.39 is 0 Å². The molecule has 9 rings (SSSR count). The van der Waals surface area contributed by atoms with Gasteiger partial charge in [0.05, 0.1) is 11.6 Å². The fraction of sp³-hybridized carbons (Fsp3) is 0.400. The number of aliphatic imine (C=N–C) groups is 1. The van der Waals surface area contributed by atoms with Gasteiger partial charge in [0.2, 0.25) is 0 Å². The predicted molar refractivity (Wildman–Crippen MR) is 231 cm³/mol. The number of fused-ring (bicyclic) bond motifs is 6. The summed E-state index contributed by atoms with van der Waals surface area (Å²) in [6.45, 7) is 23.1. The van der Waals surface area contributed by atoms with E-state index in [1.807, 2.05) is 12.3 Å². The quantitative estimate of drug-likeness (QED) is 0.161. The van der Waals surface area contributed by atoms with Gasteiger partial charge in [0.1, 0.15) is 5.65 Å². The van der Waals surface area contributed by atoms with Crippen LogP contribution >= 0.6 is 0 Å². The maximum absolute atomic E-state index is 5.69. The first-order chi connectivity index (χ1) is 26.2. The molecule has 1 fully saturated rings. The molecule has 5 nitrogen and oxygen atoms in total. The van der Waals surface area contributed by atoms with Gasteiger partial charge in [0, 0.05) is 39.9 Å². The molecular weight excluding hydrogens is 866 g/mol. The molecule has 1 aliphatic heterocycles. The number of aromatic nitrogens is 3. The van der Waals surface area contributed by atoms with Gasteiger partial charge in [-0.1, -0.05) is 103 Å². The second-order valence-corrected chi connectivity index (χ2v) is 18.5. The zero-order valence-electron chi connectivity index (χ0n) is 34.7. The van der Waals surface area contributed by atoms with Crippen LogP contribution in [0.4, 0.5) is 0 Å². The first kappa shape index (κ1) is 38.7. The Kier molecular flexibility index (Phi) is 9.67. The summed E-state index contributed by atoms with van der Waals surface area (Å²) in [5.74, 6) is 1.56. The zero-order valence-corrected chi connectivity index (χ0v) is 37.0. The Balaban J connectivity index is 0.00000441. The molecule has 1 saturated carbocycles. The number of hydrogen-bond acceptors (Lipinski definition) is 3. The average Bonchev–Trinajstić information content (AvgIpc) is 3.75. The van der Waals surface area contributed by atoms with Crippen LogP contribution < -0.4 is 0 Å². The summed E-state index contributed by atoms with van der Waals surface area (Å²) in [6.07, 6.45) is 8.24. The van der Waals surface area contributed by atoms with Gasteiger partial charge >= 0.3 is 21.1 Å². The molecule has 56 heavy (non-hydrogen) atoms.